The van der Waals surface area contributed by atoms with Crippen LogP contribution in [0.2, 0.25) is 0 Å². The highest BCUT2D eigenvalue weighted by molar-refractivity contribution is 5.96. The second-order valence-corrected chi connectivity index (χ2v) is 6.88. The quantitative estimate of drug-likeness (QED) is 0.931. The number of ether oxygens (including phenoxy) is 1. The van der Waals surface area contributed by atoms with Crippen LogP contribution in [0, 0.1) is 5.41 Å². The van der Waals surface area contributed by atoms with Gasteiger partial charge in [-0.3, -0.25) is 4.79 Å². The van der Waals surface area contributed by atoms with E-state index in [1.54, 1.807) is 7.11 Å². The Morgan fingerprint density at radius 2 is 1.82 bits per heavy atom. The van der Waals surface area contributed by atoms with E-state index in [0.29, 0.717) is 5.75 Å². The third-order valence-electron chi connectivity index (χ3n) is 3.98. The number of hydrogen-bond donors (Lipinski definition) is 1. The van der Waals surface area contributed by atoms with Crippen molar-refractivity contribution in [1.29, 1.82) is 0 Å². The van der Waals surface area contributed by atoms with Crippen LogP contribution in [0.15, 0.2) is 18.2 Å². The summed E-state index contributed by atoms with van der Waals surface area (Å²) in [5.41, 5.74) is 1.42. The highest BCUT2D eigenvalue weighted by Crippen LogP contribution is 2.31. The van der Waals surface area contributed by atoms with Gasteiger partial charge in [0.1, 0.15) is 5.75 Å². The maximum atomic E-state index is 12.2. The molecule has 0 radical (unpaired) electrons. The van der Waals surface area contributed by atoms with Gasteiger partial charge in [-0.15, -0.1) is 0 Å². The Morgan fingerprint density at radius 3 is 2.36 bits per heavy atom. The van der Waals surface area contributed by atoms with Gasteiger partial charge < -0.3 is 19.9 Å². The number of rotatable bonds is 3. The molecule has 1 aromatic carbocycles. The highest BCUT2D eigenvalue weighted by atomic mass is 16.5. The number of nitrogens with one attached hydrogen (secondary N) is 1. The van der Waals surface area contributed by atoms with E-state index in [2.05, 4.69) is 28.2 Å². The van der Waals surface area contributed by atoms with Crippen molar-refractivity contribution in [3.05, 3.63) is 18.2 Å². The second kappa shape index (κ2) is 6.57. The van der Waals surface area contributed by atoms with Crippen molar-refractivity contribution in [2.45, 2.75) is 20.8 Å². The van der Waals surface area contributed by atoms with E-state index in [9.17, 15) is 4.79 Å². The molecule has 122 valence electrons. The summed E-state index contributed by atoms with van der Waals surface area (Å²) in [4.78, 5) is 16.9. The lowest BCUT2D eigenvalue weighted by Crippen LogP contribution is -2.44. The van der Waals surface area contributed by atoms with Crippen LogP contribution in [0.5, 0.6) is 5.75 Å². The fourth-order valence-corrected chi connectivity index (χ4v) is 2.36. The van der Waals surface area contributed by atoms with Crippen LogP contribution in [-0.2, 0) is 4.79 Å². The Kier molecular flexibility index (Phi) is 4.96. The van der Waals surface area contributed by atoms with Crippen molar-refractivity contribution in [3.63, 3.8) is 0 Å². The van der Waals surface area contributed by atoms with Crippen LogP contribution in [-0.4, -0.2) is 51.1 Å². The molecule has 0 spiro atoms. The predicted octanol–water partition coefficient (Wildman–Crippen LogP) is 2.43. The zero-order chi connectivity index (χ0) is 16.3. The first-order valence-corrected chi connectivity index (χ1v) is 7.74. The molecule has 1 aliphatic rings. The molecular weight excluding hydrogens is 278 g/mol. The molecule has 0 unspecified atom stereocenters. The van der Waals surface area contributed by atoms with Crippen LogP contribution in [0.3, 0.4) is 0 Å². The van der Waals surface area contributed by atoms with Crippen LogP contribution >= 0.6 is 0 Å². The Labute approximate surface area is 133 Å². The number of anilines is 2. The lowest BCUT2D eigenvalue weighted by Gasteiger charge is -2.34. The number of carbonyl (C=O) groups excluding carboxylic acids is 1. The fourth-order valence-electron chi connectivity index (χ4n) is 2.36. The average molecular weight is 305 g/mol. The summed E-state index contributed by atoms with van der Waals surface area (Å²) < 4.78 is 5.38. The van der Waals surface area contributed by atoms with Gasteiger partial charge in [-0.1, -0.05) is 20.8 Å². The van der Waals surface area contributed by atoms with Crippen molar-refractivity contribution in [2.75, 3.05) is 50.6 Å². The van der Waals surface area contributed by atoms with Gasteiger partial charge in [0.05, 0.1) is 12.8 Å². The smallest absolute Gasteiger partial charge is 0.229 e. The number of hydrogen-bond acceptors (Lipinski definition) is 4. The van der Waals surface area contributed by atoms with E-state index < -0.39 is 5.41 Å². The van der Waals surface area contributed by atoms with Gasteiger partial charge in [0.15, 0.2) is 0 Å². The van der Waals surface area contributed by atoms with Gasteiger partial charge in [0.25, 0.3) is 0 Å². The molecule has 1 aromatic rings. The number of amides is 1. The number of methoxy groups -OCH3 is 1. The van der Waals surface area contributed by atoms with Crippen molar-refractivity contribution < 1.29 is 9.53 Å². The van der Waals surface area contributed by atoms with E-state index in [0.717, 1.165) is 37.6 Å². The number of piperazine rings is 1. The Hall–Kier alpha value is -1.75. The van der Waals surface area contributed by atoms with Crippen molar-refractivity contribution >= 4 is 17.3 Å². The predicted molar refractivity (Wildman–Crippen MR) is 90.8 cm³/mol. The summed E-state index contributed by atoms with van der Waals surface area (Å²) in [5, 5.41) is 2.99. The topological polar surface area (TPSA) is 44.8 Å². The minimum absolute atomic E-state index is 0.0127. The van der Waals surface area contributed by atoms with Crippen LogP contribution in [0.4, 0.5) is 11.4 Å². The highest BCUT2D eigenvalue weighted by Gasteiger charge is 2.23. The first kappa shape index (κ1) is 16.6. The molecular formula is C17H27N3O2. The Bertz CT molecular complexity index is 529. The first-order valence-electron chi connectivity index (χ1n) is 7.74. The minimum Gasteiger partial charge on any atom is -0.495 e. The standard InChI is InChI=1S/C17H27N3O2/c1-17(2,3)16(21)18-14-12-13(6-7-15(14)22-5)20-10-8-19(4)9-11-20/h6-7,12H,8-11H2,1-5H3,(H,18,21). The van der Waals surface area contributed by atoms with E-state index >= 15 is 0 Å². The van der Waals surface area contributed by atoms with Crippen molar-refractivity contribution in [1.82, 2.24) is 4.90 Å². The number of benzene rings is 1. The van der Waals surface area contributed by atoms with Crippen molar-refractivity contribution in [2.24, 2.45) is 5.41 Å². The second-order valence-electron chi connectivity index (χ2n) is 6.88. The molecule has 0 bridgehead atoms. The normalized spacial score (nSPS) is 16.5. The fraction of sp³-hybridized carbons (Fsp3) is 0.588. The lowest BCUT2D eigenvalue weighted by atomic mass is 9.95. The Balaban J connectivity index is 2.21. The summed E-state index contributed by atoms with van der Waals surface area (Å²) in [5.74, 6) is 0.678. The molecule has 1 saturated heterocycles. The summed E-state index contributed by atoms with van der Waals surface area (Å²) >= 11 is 0. The molecule has 0 aromatic heterocycles. The van der Waals surface area contributed by atoms with Gasteiger partial charge in [0, 0.05) is 37.3 Å². The summed E-state index contributed by atoms with van der Waals surface area (Å²) in [6.45, 7) is 9.80. The zero-order valence-electron chi connectivity index (χ0n) is 14.3. The van der Waals surface area contributed by atoms with E-state index in [1.165, 1.54) is 0 Å². The maximum Gasteiger partial charge on any atom is 0.229 e. The molecule has 1 N–H and O–H groups in total. The third-order valence-corrected chi connectivity index (χ3v) is 3.98. The monoisotopic (exact) mass is 305 g/mol. The molecule has 1 amide bonds. The molecule has 2 rings (SSSR count). The molecule has 0 atom stereocenters. The van der Waals surface area contributed by atoms with Crippen LogP contribution in [0.25, 0.3) is 0 Å². The minimum atomic E-state index is -0.436. The zero-order valence-corrected chi connectivity index (χ0v) is 14.3. The van der Waals surface area contributed by atoms with Gasteiger partial charge in [-0.05, 0) is 25.2 Å². The molecule has 1 heterocycles. The van der Waals surface area contributed by atoms with E-state index in [1.807, 2.05) is 32.9 Å². The number of likely N-dealkylation sites (N-methyl/N-ethyl adjacent to an activating group) is 1. The summed E-state index contributed by atoms with van der Waals surface area (Å²) in [6.07, 6.45) is 0. The van der Waals surface area contributed by atoms with Gasteiger partial charge in [-0.25, -0.2) is 0 Å². The molecule has 1 fully saturated rings. The maximum absolute atomic E-state index is 12.2. The first-order chi connectivity index (χ1) is 10.3. The van der Waals surface area contributed by atoms with Crippen molar-refractivity contribution in [3.8, 4) is 5.75 Å². The molecule has 5 nitrogen and oxygen atoms in total. The number of nitrogens with zero attached hydrogens (tertiary/aromatic N) is 2. The van der Waals surface area contributed by atoms with Gasteiger partial charge in [0.2, 0.25) is 5.91 Å². The molecule has 22 heavy (non-hydrogen) atoms. The average Bonchev–Trinajstić information content (AvgIpc) is 2.47. The lowest BCUT2D eigenvalue weighted by molar-refractivity contribution is -0.123. The SMILES string of the molecule is COc1ccc(N2CCN(C)CC2)cc1NC(=O)C(C)(C)C. The summed E-state index contributed by atoms with van der Waals surface area (Å²) in [7, 11) is 3.76. The largest absolute Gasteiger partial charge is 0.495 e. The molecule has 1 aliphatic heterocycles. The molecule has 0 aliphatic carbocycles. The van der Waals surface area contributed by atoms with E-state index in [-0.39, 0.29) is 5.91 Å². The van der Waals surface area contributed by atoms with Gasteiger partial charge in [-0.2, -0.15) is 0 Å². The molecule has 5 heteroatoms. The van der Waals surface area contributed by atoms with Gasteiger partial charge >= 0.3 is 0 Å². The van der Waals surface area contributed by atoms with Crippen LogP contribution in [0.1, 0.15) is 20.8 Å². The third kappa shape index (κ3) is 3.91. The Morgan fingerprint density at radius 1 is 1.18 bits per heavy atom. The summed E-state index contributed by atoms with van der Waals surface area (Å²) in [6, 6.07) is 5.98. The van der Waals surface area contributed by atoms with Crippen LogP contribution < -0.4 is 15.0 Å². The number of carbonyl (C=O) groups is 1. The molecule has 0 saturated carbocycles. The van der Waals surface area contributed by atoms with E-state index in [4.69, 9.17) is 4.74 Å².